The Balaban J connectivity index is 0.00000261. The summed E-state index contributed by atoms with van der Waals surface area (Å²) >= 11 is 0. The molecule has 2 aromatic rings. The third-order valence-corrected chi connectivity index (χ3v) is 5.18. The zero-order chi connectivity index (χ0) is 18.5. The van der Waals surface area contributed by atoms with Crippen LogP contribution in [0.4, 0.5) is 0 Å². The second-order valence-corrected chi connectivity index (χ2v) is 6.74. The van der Waals surface area contributed by atoms with Crippen LogP contribution in [0.15, 0.2) is 42.5 Å². The minimum atomic E-state index is 0. The topological polar surface area (TPSA) is 57.0 Å². The molecule has 3 rings (SSSR count). The third-order valence-electron chi connectivity index (χ3n) is 5.18. The molecule has 1 saturated heterocycles. The summed E-state index contributed by atoms with van der Waals surface area (Å²) in [6.45, 7) is 3.52. The summed E-state index contributed by atoms with van der Waals surface area (Å²) in [5, 5.41) is 0. The summed E-state index contributed by atoms with van der Waals surface area (Å²) in [6, 6.07) is 14.7. The first-order valence-corrected chi connectivity index (χ1v) is 8.96. The molecular formula is C21H29ClN2O3. The molecule has 27 heavy (non-hydrogen) atoms. The number of methoxy groups -OCH3 is 3. The predicted octanol–water partition coefficient (Wildman–Crippen LogP) is 3.31. The molecule has 2 atom stereocenters. The van der Waals surface area contributed by atoms with Crippen molar-refractivity contribution >= 4 is 12.4 Å². The van der Waals surface area contributed by atoms with Crippen molar-refractivity contribution < 1.29 is 14.2 Å². The van der Waals surface area contributed by atoms with Crippen molar-refractivity contribution in [3.8, 4) is 17.2 Å². The van der Waals surface area contributed by atoms with E-state index in [4.69, 9.17) is 19.9 Å². The van der Waals surface area contributed by atoms with Crippen LogP contribution in [0, 0.1) is 5.92 Å². The van der Waals surface area contributed by atoms with Crippen LogP contribution in [0.25, 0.3) is 0 Å². The number of likely N-dealkylation sites (tertiary alicyclic amines) is 1. The highest BCUT2D eigenvalue weighted by molar-refractivity contribution is 5.85. The Bertz CT molecular complexity index is 702. The molecule has 1 aliphatic heterocycles. The van der Waals surface area contributed by atoms with Crippen LogP contribution in [0.2, 0.25) is 0 Å². The molecule has 0 saturated carbocycles. The monoisotopic (exact) mass is 392 g/mol. The number of rotatable bonds is 7. The van der Waals surface area contributed by atoms with Crippen molar-refractivity contribution in [2.45, 2.75) is 12.5 Å². The molecule has 1 aliphatic rings. The molecular weight excluding hydrogens is 364 g/mol. The van der Waals surface area contributed by atoms with E-state index in [1.54, 1.807) is 21.3 Å². The molecule has 6 heteroatoms. The summed E-state index contributed by atoms with van der Waals surface area (Å²) in [5.41, 5.74) is 8.58. The zero-order valence-electron chi connectivity index (χ0n) is 16.2. The average Bonchev–Trinajstić information content (AvgIpc) is 3.10. The third kappa shape index (κ3) is 4.67. The first-order valence-electron chi connectivity index (χ1n) is 8.96. The Morgan fingerprint density at radius 2 is 1.59 bits per heavy atom. The number of nitrogens with two attached hydrogens (primary N) is 1. The molecule has 0 unspecified atom stereocenters. The second-order valence-electron chi connectivity index (χ2n) is 6.74. The molecule has 148 valence electrons. The highest BCUT2D eigenvalue weighted by Gasteiger charge is 2.32. The number of ether oxygens (including phenoxy) is 3. The van der Waals surface area contributed by atoms with Gasteiger partial charge in [-0.2, -0.15) is 0 Å². The molecule has 0 spiro atoms. The quantitative estimate of drug-likeness (QED) is 0.783. The number of halogens is 1. The maximum Gasteiger partial charge on any atom is 0.203 e. The van der Waals surface area contributed by atoms with Gasteiger partial charge in [-0.25, -0.2) is 0 Å². The van der Waals surface area contributed by atoms with Gasteiger partial charge < -0.3 is 19.9 Å². The smallest absolute Gasteiger partial charge is 0.203 e. The maximum absolute atomic E-state index is 6.06. The standard InChI is InChI=1S/C21H28N2O3.ClH/c1-24-19-9-15(10-20(25-2)21(19)26-3)12-23-13-17(11-22)18(14-23)16-7-5-4-6-8-16;/h4-10,17-18H,11-14,22H2,1-3H3;1H/t17-,18+;/m1./s1. The molecule has 0 bridgehead atoms. The van der Waals surface area contributed by atoms with Crippen LogP contribution in [0.5, 0.6) is 17.2 Å². The van der Waals surface area contributed by atoms with E-state index >= 15 is 0 Å². The molecule has 0 aromatic heterocycles. The molecule has 1 fully saturated rings. The van der Waals surface area contributed by atoms with E-state index < -0.39 is 0 Å². The van der Waals surface area contributed by atoms with Crippen molar-refractivity contribution in [3.05, 3.63) is 53.6 Å². The van der Waals surface area contributed by atoms with Gasteiger partial charge in [-0.3, -0.25) is 4.90 Å². The number of benzene rings is 2. The highest BCUT2D eigenvalue weighted by Crippen LogP contribution is 2.39. The van der Waals surface area contributed by atoms with Crippen molar-refractivity contribution in [3.63, 3.8) is 0 Å². The normalized spacial score (nSPS) is 19.4. The van der Waals surface area contributed by atoms with E-state index in [0.29, 0.717) is 35.6 Å². The SMILES string of the molecule is COc1cc(CN2C[C@@H](CN)[C@H](c3ccccc3)C2)cc(OC)c1OC.Cl. The molecule has 0 amide bonds. The lowest BCUT2D eigenvalue weighted by Crippen LogP contribution is -2.23. The fraction of sp³-hybridized carbons (Fsp3) is 0.429. The lowest BCUT2D eigenvalue weighted by atomic mass is 9.89. The summed E-state index contributed by atoms with van der Waals surface area (Å²) in [7, 11) is 4.91. The van der Waals surface area contributed by atoms with E-state index in [0.717, 1.165) is 25.2 Å². The van der Waals surface area contributed by atoms with Gasteiger partial charge in [-0.15, -0.1) is 12.4 Å². The van der Waals surface area contributed by atoms with Crippen molar-refractivity contribution in [2.75, 3.05) is 41.0 Å². The predicted molar refractivity (Wildman–Crippen MR) is 110 cm³/mol. The van der Waals surface area contributed by atoms with E-state index in [2.05, 4.69) is 35.2 Å². The Labute approximate surface area is 167 Å². The summed E-state index contributed by atoms with van der Waals surface area (Å²) in [5.74, 6) is 2.96. The fourth-order valence-electron chi connectivity index (χ4n) is 3.89. The van der Waals surface area contributed by atoms with Gasteiger partial charge in [0, 0.05) is 25.6 Å². The Hall–Kier alpha value is -1.95. The molecule has 2 aromatic carbocycles. The van der Waals surface area contributed by atoms with E-state index in [1.165, 1.54) is 5.56 Å². The van der Waals surface area contributed by atoms with Crippen molar-refractivity contribution in [2.24, 2.45) is 11.7 Å². The Morgan fingerprint density at radius 3 is 2.11 bits per heavy atom. The van der Waals surface area contributed by atoms with Gasteiger partial charge in [0.1, 0.15) is 0 Å². The van der Waals surface area contributed by atoms with Gasteiger partial charge >= 0.3 is 0 Å². The van der Waals surface area contributed by atoms with Crippen LogP contribution in [0.3, 0.4) is 0 Å². The molecule has 0 radical (unpaired) electrons. The van der Waals surface area contributed by atoms with Gasteiger partial charge in [0.15, 0.2) is 11.5 Å². The van der Waals surface area contributed by atoms with Gasteiger partial charge in [0.05, 0.1) is 21.3 Å². The number of nitrogens with zero attached hydrogens (tertiary/aromatic N) is 1. The lowest BCUT2D eigenvalue weighted by molar-refractivity contribution is 0.307. The minimum Gasteiger partial charge on any atom is -0.493 e. The minimum absolute atomic E-state index is 0. The largest absolute Gasteiger partial charge is 0.493 e. The lowest BCUT2D eigenvalue weighted by Gasteiger charge is -2.19. The zero-order valence-corrected chi connectivity index (χ0v) is 17.0. The van der Waals surface area contributed by atoms with Crippen molar-refractivity contribution in [1.82, 2.24) is 4.90 Å². The number of hydrogen-bond donors (Lipinski definition) is 1. The highest BCUT2D eigenvalue weighted by atomic mass is 35.5. The van der Waals surface area contributed by atoms with E-state index in [1.807, 2.05) is 12.1 Å². The van der Waals surface area contributed by atoms with Gasteiger partial charge in [-0.1, -0.05) is 30.3 Å². The van der Waals surface area contributed by atoms with E-state index in [-0.39, 0.29) is 12.4 Å². The van der Waals surface area contributed by atoms with Gasteiger partial charge in [0.2, 0.25) is 5.75 Å². The first kappa shape index (κ1) is 21.4. The second kappa shape index (κ2) is 9.83. The van der Waals surface area contributed by atoms with Crippen LogP contribution in [-0.4, -0.2) is 45.9 Å². The first-order chi connectivity index (χ1) is 12.7. The molecule has 0 aliphatic carbocycles. The number of hydrogen-bond acceptors (Lipinski definition) is 5. The Kier molecular flexibility index (Phi) is 7.78. The fourth-order valence-corrected chi connectivity index (χ4v) is 3.89. The van der Waals surface area contributed by atoms with Crippen LogP contribution < -0.4 is 19.9 Å². The average molecular weight is 393 g/mol. The van der Waals surface area contributed by atoms with Gasteiger partial charge in [-0.05, 0) is 35.7 Å². The van der Waals surface area contributed by atoms with Crippen LogP contribution >= 0.6 is 12.4 Å². The maximum atomic E-state index is 6.06. The van der Waals surface area contributed by atoms with Crippen molar-refractivity contribution in [1.29, 1.82) is 0 Å². The van der Waals surface area contributed by atoms with Gasteiger partial charge in [0.25, 0.3) is 0 Å². The van der Waals surface area contributed by atoms with Crippen LogP contribution in [0.1, 0.15) is 17.0 Å². The summed E-state index contributed by atoms with van der Waals surface area (Å²) in [6.07, 6.45) is 0. The van der Waals surface area contributed by atoms with E-state index in [9.17, 15) is 0 Å². The Morgan fingerprint density at radius 1 is 0.963 bits per heavy atom. The summed E-state index contributed by atoms with van der Waals surface area (Å²) < 4.78 is 16.4. The summed E-state index contributed by atoms with van der Waals surface area (Å²) in [4.78, 5) is 2.45. The molecule has 5 nitrogen and oxygen atoms in total. The molecule has 2 N–H and O–H groups in total. The molecule has 1 heterocycles. The van der Waals surface area contributed by atoms with Crippen LogP contribution in [-0.2, 0) is 6.54 Å².